The van der Waals surface area contributed by atoms with Crippen molar-refractivity contribution in [2.24, 2.45) is 4.99 Å². The van der Waals surface area contributed by atoms with E-state index in [4.69, 9.17) is 14.1 Å². The summed E-state index contributed by atoms with van der Waals surface area (Å²) in [5.74, 6) is 0.767. The Hall–Kier alpha value is -4.09. The van der Waals surface area contributed by atoms with E-state index in [0.717, 1.165) is 17.5 Å². The number of hydrogen-bond donors (Lipinski definition) is 0. The number of benzene rings is 2. The van der Waals surface area contributed by atoms with E-state index in [2.05, 4.69) is 29.8 Å². The number of allylic oxidation sites excluding steroid dienone is 1. The first-order chi connectivity index (χ1) is 20.6. The van der Waals surface area contributed by atoms with E-state index < -0.39 is 16.9 Å². The van der Waals surface area contributed by atoms with Gasteiger partial charge in [-0.05, 0) is 64.5 Å². The fourth-order valence-electron chi connectivity index (χ4n) is 5.02. The number of halogens is 1. The molecule has 0 fully saturated rings. The summed E-state index contributed by atoms with van der Waals surface area (Å²) in [4.78, 5) is 43.3. The Morgan fingerprint density at radius 3 is 2.56 bits per heavy atom. The van der Waals surface area contributed by atoms with Crippen molar-refractivity contribution < 1.29 is 18.9 Å². The summed E-state index contributed by atoms with van der Waals surface area (Å²) in [5.41, 5.74) is 3.25. The minimum Gasteiger partial charge on any atom is -0.463 e. The van der Waals surface area contributed by atoms with Crippen LogP contribution in [-0.4, -0.2) is 22.1 Å². The number of non-ortho nitro benzene ring substituents is 1. The highest BCUT2D eigenvalue weighted by Crippen LogP contribution is 2.34. The molecule has 0 aliphatic carbocycles. The van der Waals surface area contributed by atoms with Crippen molar-refractivity contribution in [3.05, 3.63) is 117 Å². The van der Waals surface area contributed by atoms with Crippen molar-refractivity contribution in [2.75, 3.05) is 6.61 Å². The third kappa shape index (κ3) is 6.05. The van der Waals surface area contributed by atoms with Crippen LogP contribution in [0.4, 0.5) is 5.69 Å². The fourth-order valence-corrected chi connectivity index (χ4v) is 6.58. The van der Waals surface area contributed by atoms with Gasteiger partial charge in [-0.25, -0.2) is 9.79 Å². The lowest BCUT2D eigenvalue weighted by Gasteiger charge is -2.26. The number of hydrogen-bond acceptors (Lipinski definition) is 8. The minimum absolute atomic E-state index is 0.0402. The average molecular weight is 665 g/mol. The van der Waals surface area contributed by atoms with Gasteiger partial charge in [0.25, 0.3) is 11.2 Å². The summed E-state index contributed by atoms with van der Waals surface area (Å²) in [6, 6.07) is 15.2. The molecule has 3 heterocycles. The third-order valence-corrected chi connectivity index (χ3v) is 8.78. The molecule has 0 amide bonds. The number of ether oxygens (including phenoxy) is 1. The number of aromatic nitrogens is 1. The second-order valence-corrected chi connectivity index (χ2v) is 12.2. The molecule has 5 rings (SSSR count). The molecule has 0 N–H and O–H groups in total. The van der Waals surface area contributed by atoms with Crippen LogP contribution in [0.2, 0.25) is 0 Å². The van der Waals surface area contributed by atoms with E-state index >= 15 is 0 Å². The van der Waals surface area contributed by atoms with Gasteiger partial charge in [0.15, 0.2) is 4.80 Å². The zero-order valence-electron chi connectivity index (χ0n) is 24.1. The van der Waals surface area contributed by atoms with Gasteiger partial charge in [-0.15, -0.1) is 0 Å². The quantitative estimate of drug-likeness (QED) is 0.113. The molecular formula is C32H30BrN3O6S. The average Bonchev–Trinajstić information content (AvgIpc) is 3.56. The van der Waals surface area contributed by atoms with Crippen LogP contribution in [0.3, 0.4) is 0 Å². The van der Waals surface area contributed by atoms with E-state index in [-0.39, 0.29) is 17.9 Å². The van der Waals surface area contributed by atoms with E-state index in [1.54, 1.807) is 35.8 Å². The van der Waals surface area contributed by atoms with Crippen molar-refractivity contribution in [3.63, 3.8) is 0 Å². The van der Waals surface area contributed by atoms with Crippen LogP contribution in [0.15, 0.2) is 84.5 Å². The number of nitrogens with zero attached hydrogens (tertiary/aromatic N) is 3. The molecule has 0 bridgehead atoms. The second-order valence-electron chi connectivity index (χ2n) is 10.4. The molecule has 1 atom stereocenters. The molecule has 9 nitrogen and oxygen atoms in total. The summed E-state index contributed by atoms with van der Waals surface area (Å²) in [6.45, 7) is 8.21. The first kappa shape index (κ1) is 30.4. The summed E-state index contributed by atoms with van der Waals surface area (Å²) in [6.07, 6.45) is 2.98. The first-order valence-corrected chi connectivity index (χ1v) is 15.6. The molecule has 0 spiro atoms. The molecule has 222 valence electrons. The largest absolute Gasteiger partial charge is 0.463 e. The Labute approximate surface area is 260 Å². The minimum atomic E-state index is -0.691. The maximum Gasteiger partial charge on any atom is 0.338 e. The van der Waals surface area contributed by atoms with Crippen molar-refractivity contribution in [3.8, 4) is 11.3 Å². The number of rotatable bonds is 9. The Morgan fingerprint density at radius 2 is 1.93 bits per heavy atom. The Morgan fingerprint density at radius 1 is 1.19 bits per heavy atom. The molecule has 0 saturated heterocycles. The fraction of sp³-hybridized carbons (Fsp3) is 0.281. The highest BCUT2D eigenvalue weighted by Gasteiger charge is 2.34. The number of thiazole rings is 1. The van der Waals surface area contributed by atoms with Crippen LogP contribution >= 0.6 is 27.3 Å². The number of furan rings is 1. The molecule has 0 saturated carbocycles. The van der Waals surface area contributed by atoms with E-state index in [1.807, 2.05) is 31.2 Å². The number of fused-ring (bicyclic) bond motifs is 1. The lowest BCUT2D eigenvalue weighted by Crippen LogP contribution is -2.40. The number of carbonyl (C=O) groups excluding carboxylic acids is 1. The topological polar surface area (TPSA) is 117 Å². The van der Waals surface area contributed by atoms with Crippen molar-refractivity contribution in [1.29, 1.82) is 0 Å². The molecule has 1 aliphatic rings. The van der Waals surface area contributed by atoms with Crippen molar-refractivity contribution in [2.45, 2.75) is 52.5 Å². The normalized spacial score (nSPS) is 15.0. The van der Waals surface area contributed by atoms with Gasteiger partial charge in [-0.3, -0.25) is 19.5 Å². The maximum atomic E-state index is 14.0. The van der Waals surface area contributed by atoms with Gasteiger partial charge in [0.2, 0.25) is 0 Å². The number of nitro benzene ring substituents is 1. The third-order valence-electron chi connectivity index (χ3n) is 7.14. The molecule has 1 aliphatic heterocycles. The first-order valence-electron chi connectivity index (χ1n) is 14.0. The maximum absolute atomic E-state index is 14.0. The molecule has 11 heteroatoms. The monoisotopic (exact) mass is 663 g/mol. The summed E-state index contributed by atoms with van der Waals surface area (Å²) in [7, 11) is 0. The van der Waals surface area contributed by atoms with Gasteiger partial charge in [0, 0.05) is 28.2 Å². The summed E-state index contributed by atoms with van der Waals surface area (Å²) < 4.78 is 14.0. The van der Waals surface area contributed by atoms with Crippen molar-refractivity contribution in [1.82, 2.24) is 4.57 Å². The highest BCUT2D eigenvalue weighted by atomic mass is 79.9. The zero-order chi connectivity index (χ0) is 30.8. The smallest absolute Gasteiger partial charge is 0.338 e. The summed E-state index contributed by atoms with van der Waals surface area (Å²) >= 11 is 4.62. The van der Waals surface area contributed by atoms with Crippen LogP contribution < -0.4 is 14.9 Å². The van der Waals surface area contributed by atoms with Crippen LogP contribution in [-0.2, 0) is 9.53 Å². The van der Waals surface area contributed by atoms with Crippen LogP contribution in [0, 0.1) is 10.1 Å². The predicted octanol–water partition coefficient (Wildman–Crippen LogP) is 6.63. The number of carbonyl (C=O) groups is 1. The molecule has 0 radical (unpaired) electrons. The second kappa shape index (κ2) is 12.6. The number of esters is 1. The van der Waals surface area contributed by atoms with Crippen molar-refractivity contribution >= 4 is 45.0 Å². The lowest BCUT2D eigenvalue weighted by molar-refractivity contribution is -0.384. The predicted molar refractivity (Wildman–Crippen MR) is 169 cm³/mol. The number of nitro groups is 1. The van der Waals surface area contributed by atoms with Crippen LogP contribution in [0.25, 0.3) is 17.4 Å². The van der Waals surface area contributed by atoms with Gasteiger partial charge in [-0.1, -0.05) is 62.8 Å². The molecule has 2 aromatic carbocycles. The highest BCUT2D eigenvalue weighted by molar-refractivity contribution is 9.10. The lowest BCUT2D eigenvalue weighted by atomic mass is 9.92. The van der Waals surface area contributed by atoms with E-state index in [9.17, 15) is 19.7 Å². The van der Waals surface area contributed by atoms with Gasteiger partial charge >= 0.3 is 5.97 Å². The summed E-state index contributed by atoms with van der Waals surface area (Å²) in [5, 5.41) is 11.1. The Bertz CT molecular complexity index is 1920. The molecule has 4 aromatic rings. The van der Waals surface area contributed by atoms with Gasteiger partial charge < -0.3 is 9.15 Å². The molecule has 43 heavy (non-hydrogen) atoms. The van der Waals surface area contributed by atoms with E-state index in [0.29, 0.717) is 54.5 Å². The Balaban J connectivity index is 1.64. The molecule has 2 aromatic heterocycles. The van der Waals surface area contributed by atoms with Gasteiger partial charge in [0.05, 0.1) is 33.4 Å². The van der Waals surface area contributed by atoms with Gasteiger partial charge in [-0.2, -0.15) is 0 Å². The standard InChI is InChI=1S/C32H30BrN3O6S/c1-5-7-25-28(31(38)41-6-2)29(20-10-8-19(9-11-20)18(3)4)35-30(37)27(43-32(35)34-25)17-22-13-15-26(42-22)23-14-12-21(36(39)40)16-24(23)33/h8-18,29H,5-7H2,1-4H3/b27-17-/t29-/m0/s1. The Kier molecular flexibility index (Phi) is 8.93. The molecular weight excluding hydrogens is 634 g/mol. The zero-order valence-corrected chi connectivity index (χ0v) is 26.5. The van der Waals surface area contributed by atoms with Gasteiger partial charge in [0.1, 0.15) is 11.5 Å². The van der Waals surface area contributed by atoms with E-state index in [1.165, 1.54) is 23.5 Å². The SMILES string of the molecule is CCCC1=C(C(=O)OCC)[C@H](c2ccc(C(C)C)cc2)n2c(s/c(=C\c3ccc(-c4ccc([N+](=O)[O-])cc4Br)o3)c2=O)=N1. The van der Waals surface area contributed by atoms with Crippen LogP contribution in [0.5, 0.6) is 0 Å². The van der Waals surface area contributed by atoms with Crippen LogP contribution in [0.1, 0.15) is 69.4 Å². The molecule has 0 unspecified atom stereocenters.